The number of carbonyl (C=O) groups excluding carboxylic acids is 1. The second kappa shape index (κ2) is 10.0. The molecular weight excluding hydrogens is 432 g/mol. The van der Waals surface area contributed by atoms with Crippen LogP contribution in [0.15, 0.2) is 58.2 Å². The van der Waals surface area contributed by atoms with E-state index in [4.69, 9.17) is 4.74 Å². The molecule has 3 aromatic rings. The molecule has 1 aromatic heterocycles. The Morgan fingerprint density at radius 3 is 2.41 bits per heavy atom. The molecule has 1 amide bonds. The lowest BCUT2D eigenvalue weighted by molar-refractivity contribution is 0.102. The molecule has 3 rings (SSSR count). The van der Waals surface area contributed by atoms with Gasteiger partial charge in [0, 0.05) is 30.8 Å². The Hall–Kier alpha value is -3.08. The van der Waals surface area contributed by atoms with Crippen LogP contribution in [0.3, 0.4) is 0 Å². The number of fused-ring (bicyclic) bond motifs is 1. The van der Waals surface area contributed by atoms with E-state index in [9.17, 15) is 18.0 Å². The number of nitrogens with zero attached hydrogens (tertiary/aromatic N) is 2. The second-order valence-corrected chi connectivity index (χ2v) is 9.09. The number of anilines is 1. The van der Waals surface area contributed by atoms with E-state index in [1.807, 2.05) is 6.92 Å². The van der Waals surface area contributed by atoms with Gasteiger partial charge in [0.2, 0.25) is 10.0 Å². The van der Waals surface area contributed by atoms with Gasteiger partial charge in [0.15, 0.2) is 5.69 Å². The Kier molecular flexibility index (Phi) is 7.39. The molecule has 2 aromatic carbocycles. The third-order valence-electron chi connectivity index (χ3n) is 4.71. The number of carbonyl (C=O) groups is 1. The van der Waals surface area contributed by atoms with E-state index in [1.165, 1.54) is 36.1 Å². The van der Waals surface area contributed by atoms with Crippen LogP contribution in [0.1, 0.15) is 30.8 Å². The van der Waals surface area contributed by atoms with Gasteiger partial charge in [-0.25, -0.2) is 17.8 Å². The molecule has 0 unspecified atom stereocenters. The number of rotatable bonds is 9. The van der Waals surface area contributed by atoms with E-state index in [0.717, 1.165) is 0 Å². The van der Waals surface area contributed by atoms with Gasteiger partial charge >= 0.3 is 0 Å². The molecule has 0 spiro atoms. The molecule has 170 valence electrons. The largest absolute Gasteiger partial charge is 0.383 e. The van der Waals surface area contributed by atoms with Crippen LogP contribution in [0, 0.1) is 0 Å². The molecular formula is C22H26N4O5S. The fraction of sp³-hybridized carbons (Fsp3) is 0.318. The normalized spacial score (nSPS) is 12.6. The van der Waals surface area contributed by atoms with E-state index in [0.29, 0.717) is 29.4 Å². The van der Waals surface area contributed by atoms with Gasteiger partial charge in [0.25, 0.3) is 11.5 Å². The van der Waals surface area contributed by atoms with Crippen molar-refractivity contribution in [2.45, 2.75) is 37.8 Å². The van der Waals surface area contributed by atoms with Gasteiger partial charge < -0.3 is 10.1 Å². The standard InChI is InChI=1S/C22H26N4O5S/c1-4-13-26-22(28)19-8-6-5-7-18(19)20(24-26)21(27)23-16-9-11-17(12-10-16)32(29,30)25-15(2)14-31-3/h5-12,15,25H,4,13-14H2,1-3H3,(H,23,27)/t15-/m1/s1. The summed E-state index contributed by atoms with van der Waals surface area (Å²) in [5.74, 6) is -0.492. The van der Waals surface area contributed by atoms with Crippen molar-refractivity contribution in [3.05, 3.63) is 64.6 Å². The second-order valence-electron chi connectivity index (χ2n) is 7.38. The Bertz CT molecular complexity index is 1270. The van der Waals surface area contributed by atoms with Crippen LogP contribution in [0.4, 0.5) is 5.69 Å². The number of aromatic nitrogens is 2. The SMILES string of the molecule is CCCn1nc(C(=O)Nc2ccc(S(=O)(=O)N[C@H](C)COC)cc2)c2ccccc2c1=O. The summed E-state index contributed by atoms with van der Waals surface area (Å²) in [5, 5.41) is 7.87. The number of methoxy groups -OCH3 is 1. The number of hydrogen-bond donors (Lipinski definition) is 2. The molecule has 1 heterocycles. The zero-order valence-corrected chi connectivity index (χ0v) is 19.0. The molecule has 0 aliphatic carbocycles. The zero-order chi connectivity index (χ0) is 23.3. The third kappa shape index (κ3) is 5.21. The quantitative estimate of drug-likeness (QED) is 0.508. The molecule has 10 heteroatoms. The zero-order valence-electron chi connectivity index (χ0n) is 18.2. The van der Waals surface area contributed by atoms with Crippen molar-refractivity contribution in [2.24, 2.45) is 0 Å². The number of nitrogens with one attached hydrogen (secondary N) is 2. The molecule has 1 atom stereocenters. The maximum Gasteiger partial charge on any atom is 0.276 e. The summed E-state index contributed by atoms with van der Waals surface area (Å²) in [7, 11) is -2.22. The third-order valence-corrected chi connectivity index (χ3v) is 6.32. The summed E-state index contributed by atoms with van der Waals surface area (Å²) in [5.41, 5.74) is 0.280. The maximum absolute atomic E-state index is 13.0. The summed E-state index contributed by atoms with van der Waals surface area (Å²) in [4.78, 5) is 25.6. The lowest BCUT2D eigenvalue weighted by atomic mass is 10.1. The van der Waals surface area contributed by atoms with Gasteiger partial charge in [-0.15, -0.1) is 0 Å². The highest BCUT2D eigenvalue weighted by atomic mass is 32.2. The minimum Gasteiger partial charge on any atom is -0.383 e. The van der Waals surface area contributed by atoms with Crippen molar-refractivity contribution >= 4 is 32.4 Å². The Morgan fingerprint density at radius 2 is 1.78 bits per heavy atom. The summed E-state index contributed by atoms with van der Waals surface area (Å²) in [6.07, 6.45) is 0.694. The number of amides is 1. The molecule has 0 radical (unpaired) electrons. The van der Waals surface area contributed by atoms with Gasteiger partial charge in [-0.05, 0) is 43.7 Å². The van der Waals surface area contributed by atoms with Gasteiger partial charge in [-0.3, -0.25) is 9.59 Å². The first-order chi connectivity index (χ1) is 15.3. The molecule has 0 saturated heterocycles. The van der Waals surface area contributed by atoms with Crippen molar-refractivity contribution in [2.75, 3.05) is 19.0 Å². The fourth-order valence-electron chi connectivity index (χ4n) is 3.29. The highest BCUT2D eigenvalue weighted by Crippen LogP contribution is 2.18. The van der Waals surface area contributed by atoms with Crippen LogP contribution < -0.4 is 15.6 Å². The number of benzene rings is 2. The van der Waals surface area contributed by atoms with Crippen LogP contribution in [-0.4, -0.2) is 43.9 Å². The van der Waals surface area contributed by atoms with Gasteiger partial charge in [0.1, 0.15) is 0 Å². The summed E-state index contributed by atoms with van der Waals surface area (Å²) >= 11 is 0. The van der Waals surface area contributed by atoms with Crippen LogP contribution in [0.2, 0.25) is 0 Å². The monoisotopic (exact) mass is 458 g/mol. The van der Waals surface area contributed by atoms with E-state index in [1.54, 1.807) is 31.2 Å². The van der Waals surface area contributed by atoms with E-state index >= 15 is 0 Å². The van der Waals surface area contributed by atoms with Gasteiger partial charge in [-0.2, -0.15) is 5.10 Å². The lowest BCUT2D eigenvalue weighted by Crippen LogP contribution is -2.35. The predicted molar refractivity (Wildman–Crippen MR) is 122 cm³/mol. The molecule has 0 bridgehead atoms. The van der Waals surface area contributed by atoms with Crippen LogP contribution in [-0.2, 0) is 21.3 Å². The summed E-state index contributed by atoms with van der Waals surface area (Å²) in [6.45, 7) is 4.26. The average molecular weight is 459 g/mol. The number of ether oxygens (including phenoxy) is 1. The first-order valence-corrected chi connectivity index (χ1v) is 11.7. The molecule has 2 N–H and O–H groups in total. The van der Waals surface area contributed by atoms with Crippen LogP contribution >= 0.6 is 0 Å². The first kappa shape index (κ1) is 23.6. The fourth-order valence-corrected chi connectivity index (χ4v) is 4.52. The molecule has 0 saturated carbocycles. The summed E-state index contributed by atoms with van der Waals surface area (Å²) < 4.78 is 33.7. The minimum atomic E-state index is -3.72. The predicted octanol–water partition coefficient (Wildman–Crippen LogP) is 2.37. The number of aryl methyl sites for hydroxylation is 1. The molecule has 0 aliphatic rings. The number of hydrogen-bond acceptors (Lipinski definition) is 6. The van der Waals surface area contributed by atoms with Gasteiger partial charge in [0.05, 0.1) is 16.9 Å². The first-order valence-electron chi connectivity index (χ1n) is 10.2. The molecule has 9 nitrogen and oxygen atoms in total. The van der Waals surface area contributed by atoms with Crippen molar-refractivity contribution in [1.82, 2.24) is 14.5 Å². The van der Waals surface area contributed by atoms with E-state index in [-0.39, 0.29) is 28.8 Å². The van der Waals surface area contributed by atoms with Crippen LogP contribution in [0.25, 0.3) is 10.8 Å². The molecule has 0 fully saturated rings. The van der Waals surface area contributed by atoms with Gasteiger partial charge in [-0.1, -0.05) is 25.1 Å². The Balaban J connectivity index is 1.86. The van der Waals surface area contributed by atoms with Crippen molar-refractivity contribution in [3.8, 4) is 0 Å². The van der Waals surface area contributed by atoms with Crippen LogP contribution in [0.5, 0.6) is 0 Å². The topological polar surface area (TPSA) is 119 Å². The number of sulfonamides is 1. The summed E-state index contributed by atoms with van der Waals surface area (Å²) in [6, 6.07) is 12.2. The molecule has 0 aliphatic heterocycles. The average Bonchev–Trinajstić information content (AvgIpc) is 2.76. The Morgan fingerprint density at radius 1 is 1.12 bits per heavy atom. The van der Waals surface area contributed by atoms with Crippen molar-refractivity contribution in [3.63, 3.8) is 0 Å². The highest BCUT2D eigenvalue weighted by molar-refractivity contribution is 7.89. The smallest absolute Gasteiger partial charge is 0.276 e. The minimum absolute atomic E-state index is 0.0681. The molecule has 32 heavy (non-hydrogen) atoms. The van der Waals surface area contributed by atoms with E-state index < -0.39 is 15.9 Å². The highest BCUT2D eigenvalue weighted by Gasteiger charge is 2.19. The lowest BCUT2D eigenvalue weighted by Gasteiger charge is -2.14. The van der Waals surface area contributed by atoms with Crippen molar-refractivity contribution in [1.29, 1.82) is 0 Å². The van der Waals surface area contributed by atoms with Crippen molar-refractivity contribution < 1.29 is 17.9 Å². The van der Waals surface area contributed by atoms with E-state index in [2.05, 4.69) is 15.1 Å². The maximum atomic E-state index is 13.0. The Labute approximate surface area is 186 Å².